The minimum atomic E-state index is 0. The molecule has 6 heteroatoms. The second kappa shape index (κ2) is 11.8. The Kier molecular flexibility index (Phi) is 9.72. The van der Waals surface area contributed by atoms with Crippen molar-refractivity contribution in [2.24, 2.45) is 10.4 Å². The molecule has 1 aromatic rings. The molecule has 1 saturated carbocycles. The normalized spacial score (nSPS) is 18.8. The first-order valence-electron chi connectivity index (χ1n) is 11.0. The first-order valence-corrected chi connectivity index (χ1v) is 11.0. The van der Waals surface area contributed by atoms with Gasteiger partial charge in [0.05, 0.1) is 0 Å². The molecule has 2 aliphatic rings. The average molecular weight is 512 g/mol. The Labute approximate surface area is 193 Å². The molecule has 5 nitrogen and oxygen atoms in total. The molecule has 1 aliphatic heterocycles. The van der Waals surface area contributed by atoms with Crippen molar-refractivity contribution < 1.29 is 4.79 Å². The van der Waals surface area contributed by atoms with E-state index in [4.69, 9.17) is 0 Å². The number of piperidine rings is 1. The Morgan fingerprint density at radius 3 is 2.28 bits per heavy atom. The van der Waals surface area contributed by atoms with Crippen molar-refractivity contribution in [1.29, 1.82) is 0 Å². The van der Waals surface area contributed by atoms with Crippen molar-refractivity contribution in [3.8, 4) is 0 Å². The second-order valence-electron chi connectivity index (χ2n) is 8.39. The molecule has 2 N–H and O–H groups in total. The summed E-state index contributed by atoms with van der Waals surface area (Å²) < 4.78 is 0. The van der Waals surface area contributed by atoms with Crippen molar-refractivity contribution in [1.82, 2.24) is 15.5 Å². The molecule has 162 valence electrons. The summed E-state index contributed by atoms with van der Waals surface area (Å²) in [5.74, 6) is 1.02. The van der Waals surface area contributed by atoms with Crippen molar-refractivity contribution in [2.45, 2.75) is 64.8 Å². The van der Waals surface area contributed by atoms with Gasteiger partial charge in [0.2, 0.25) is 0 Å². The van der Waals surface area contributed by atoms with Crippen LogP contribution in [0, 0.1) is 5.41 Å². The Balaban J connectivity index is 0.00000300. The molecule has 0 unspecified atom stereocenters. The van der Waals surface area contributed by atoms with Gasteiger partial charge in [-0.05, 0) is 61.6 Å². The summed E-state index contributed by atoms with van der Waals surface area (Å²) >= 11 is 0. The number of hydrogen-bond acceptors (Lipinski definition) is 2. The predicted molar refractivity (Wildman–Crippen MR) is 131 cm³/mol. The van der Waals surface area contributed by atoms with E-state index in [9.17, 15) is 4.79 Å². The van der Waals surface area contributed by atoms with E-state index in [-0.39, 0.29) is 29.9 Å². The van der Waals surface area contributed by atoms with Crippen molar-refractivity contribution >= 4 is 35.8 Å². The van der Waals surface area contributed by atoms with Crippen LogP contribution in [-0.2, 0) is 6.54 Å². The van der Waals surface area contributed by atoms with Gasteiger partial charge < -0.3 is 15.5 Å². The highest BCUT2D eigenvalue weighted by molar-refractivity contribution is 14.0. The van der Waals surface area contributed by atoms with Gasteiger partial charge in [0, 0.05) is 38.8 Å². The molecule has 1 saturated heterocycles. The number of guanidine groups is 1. The number of halogens is 1. The number of carbonyl (C=O) groups is 1. The third kappa shape index (κ3) is 6.59. The zero-order valence-electron chi connectivity index (χ0n) is 18.0. The van der Waals surface area contributed by atoms with Gasteiger partial charge in [-0.25, -0.2) is 0 Å². The van der Waals surface area contributed by atoms with E-state index in [1.807, 2.05) is 36.2 Å². The number of rotatable bonds is 6. The first kappa shape index (κ1) is 24.0. The molecular formula is C23H37IN4O. The lowest BCUT2D eigenvalue weighted by Crippen LogP contribution is -2.42. The van der Waals surface area contributed by atoms with Crippen LogP contribution in [0.15, 0.2) is 29.3 Å². The molecule has 0 aromatic heterocycles. The van der Waals surface area contributed by atoms with Crippen LogP contribution in [0.1, 0.15) is 74.2 Å². The van der Waals surface area contributed by atoms with Gasteiger partial charge in [0.15, 0.2) is 5.96 Å². The molecule has 1 aromatic carbocycles. The summed E-state index contributed by atoms with van der Waals surface area (Å²) in [6.07, 6.45) is 10.1. The molecule has 1 amide bonds. The van der Waals surface area contributed by atoms with Crippen LogP contribution >= 0.6 is 24.0 Å². The molecule has 0 radical (unpaired) electrons. The summed E-state index contributed by atoms with van der Waals surface area (Å²) in [6.45, 7) is 5.78. The number of nitrogens with one attached hydrogen (secondary N) is 2. The fraction of sp³-hybridized carbons (Fsp3) is 0.652. The topological polar surface area (TPSA) is 56.7 Å². The third-order valence-electron chi connectivity index (χ3n) is 6.57. The predicted octanol–water partition coefficient (Wildman–Crippen LogP) is 4.57. The Hall–Kier alpha value is -1.31. The standard InChI is InChI=1S/C23H36N4O.HI/c1-3-23(13-5-6-14-23)18-26-22(24-2)25-17-19-9-11-20(12-10-19)21(28)27-15-7-4-8-16-27;/h9-12H,3-8,13-18H2,1-2H3,(H2,24,25,26);1H. The lowest BCUT2D eigenvalue weighted by atomic mass is 9.83. The van der Waals surface area contributed by atoms with Gasteiger partial charge in [-0.1, -0.05) is 31.9 Å². The maximum Gasteiger partial charge on any atom is 0.253 e. The van der Waals surface area contributed by atoms with Crippen molar-refractivity contribution in [3.05, 3.63) is 35.4 Å². The van der Waals surface area contributed by atoms with E-state index in [1.54, 1.807) is 0 Å². The third-order valence-corrected chi connectivity index (χ3v) is 6.57. The van der Waals surface area contributed by atoms with Crippen LogP contribution < -0.4 is 10.6 Å². The van der Waals surface area contributed by atoms with Gasteiger partial charge >= 0.3 is 0 Å². The Morgan fingerprint density at radius 2 is 1.69 bits per heavy atom. The number of amides is 1. The fourth-order valence-corrected chi connectivity index (χ4v) is 4.50. The van der Waals surface area contributed by atoms with E-state index in [1.165, 1.54) is 38.5 Å². The van der Waals surface area contributed by atoms with Gasteiger partial charge in [-0.2, -0.15) is 0 Å². The van der Waals surface area contributed by atoms with Gasteiger partial charge in [0.1, 0.15) is 0 Å². The number of likely N-dealkylation sites (tertiary alicyclic amines) is 1. The smallest absolute Gasteiger partial charge is 0.253 e. The zero-order valence-corrected chi connectivity index (χ0v) is 20.3. The summed E-state index contributed by atoms with van der Waals surface area (Å²) in [4.78, 5) is 18.9. The highest BCUT2D eigenvalue weighted by Gasteiger charge is 2.31. The number of hydrogen-bond donors (Lipinski definition) is 2. The minimum Gasteiger partial charge on any atom is -0.356 e. The number of aliphatic imine (C=N–C) groups is 1. The van der Waals surface area contributed by atoms with Crippen LogP contribution in [0.25, 0.3) is 0 Å². The average Bonchev–Trinajstić information content (AvgIpc) is 3.24. The van der Waals surface area contributed by atoms with E-state index in [0.717, 1.165) is 49.6 Å². The van der Waals surface area contributed by atoms with Crippen molar-refractivity contribution in [3.63, 3.8) is 0 Å². The zero-order chi connectivity index (χ0) is 19.8. The summed E-state index contributed by atoms with van der Waals surface area (Å²) in [5, 5.41) is 6.93. The van der Waals surface area contributed by atoms with Crippen LogP contribution in [0.3, 0.4) is 0 Å². The molecule has 3 rings (SSSR count). The number of carbonyl (C=O) groups excluding carboxylic acids is 1. The van der Waals surface area contributed by atoms with Crippen LogP contribution in [0.5, 0.6) is 0 Å². The van der Waals surface area contributed by atoms with E-state index >= 15 is 0 Å². The van der Waals surface area contributed by atoms with E-state index in [0.29, 0.717) is 12.0 Å². The largest absolute Gasteiger partial charge is 0.356 e. The maximum absolute atomic E-state index is 12.6. The number of nitrogens with zero attached hydrogens (tertiary/aromatic N) is 2. The Morgan fingerprint density at radius 1 is 1.03 bits per heavy atom. The fourth-order valence-electron chi connectivity index (χ4n) is 4.50. The molecule has 2 fully saturated rings. The molecule has 1 aliphatic carbocycles. The van der Waals surface area contributed by atoms with Gasteiger partial charge in [0.25, 0.3) is 5.91 Å². The molecule has 29 heavy (non-hydrogen) atoms. The van der Waals surface area contributed by atoms with Crippen LogP contribution in [0.4, 0.5) is 0 Å². The molecule has 0 bridgehead atoms. The lowest BCUT2D eigenvalue weighted by molar-refractivity contribution is 0.0724. The summed E-state index contributed by atoms with van der Waals surface area (Å²) in [7, 11) is 1.82. The lowest BCUT2D eigenvalue weighted by Gasteiger charge is -2.28. The molecule has 0 spiro atoms. The van der Waals surface area contributed by atoms with Crippen LogP contribution in [0.2, 0.25) is 0 Å². The summed E-state index contributed by atoms with van der Waals surface area (Å²) in [5.41, 5.74) is 2.39. The molecular weight excluding hydrogens is 475 g/mol. The molecule has 1 heterocycles. The van der Waals surface area contributed by atoms with E-state index < -0.39 is 0 Å². The second-order valence-corrected chi connectivity index (χ2v) is 8.39. The SMILES string of the molecule is CCC1(CNC(=NC)NCc2ccc(C(=O)N3CCCCC3)cc2)CCCC1.I. The van der Waals surface area contributed by atoms with E-state index in [2.05, 4.69) is 22.5 Å². The minimum absolute atomic E-state index is 0. The van der Waals surface area contributed by atoms with Crippen molar-refractivity contribution in [2.75, 3.05) is 26.7 Å². The van der Waals surface area contributed by atoms with Crippen LogP contribution in [-0.4, -0.2) is 43.4 Å². The quantitative estimate of drug-likeness (QED) is 0.334. The molecule has 0 atom stereocenters. The highest BCUT2D eigenvalue weighted by atomic mass is 127. The van der Waals surface area contributed by atoms with Gasteiger partial charge in [-0.3, -0.25) is 9.79 Å². The first-order chi connectivity index (χ1) is 13.7. The maximum atomic E-state index is 12.6. The Bertz CT molecular complexity index is 662. The summed E-state index contributed by atoms with van der Waals surface area (Å²) in [6, 6.07) is 7.99. The monoisotopic (exact) mass is 512 g/mol. The van der Waals surface area contributed by atoms with Gasteiger partial charge in [-0.15, -0.1) is 24.0 Å². The highest BCUT2D eigenvalue weighted by Crippen LogP contribution is 2.40. The number of benzene rings is 1.